The van der Waals surface area contributed by atoms with Crippen LogP contribution >= 0.6 is 47.8 Å². The molecule has 0 fully saturated rings. The monoisotopic (exact) mass is 568 g/mol. The zero-order valence-corrected chi connectivity index (χ0v) is 21.6. The third-order valence-electron chi connectivity index (χ3n) is 6.23. The molecular formula is C25H31Br3. The Morgan fingerprint density at radius 3 is 1.68 bits per heavy atom. The summed E-state index contributed by atoms with van der Waals surface area (Å²) in [5.74, 6) is 0. The number of alkyl halides is 1. The molecular weight excluding hydrogens is 540 g/mol. The molecule has 0 radical (unpaired) electrons. The van der Waals surface area contributed by atoms with Crippen molar-refractivity contribution in [3.8, 4) is 11.1 Å². The van der Waals surface area contributed by atoms with Gasteiger partial charge in [0.2, 0.25) is 0 Å². The van der Waals surface area contributed by atoms with Crippen molar-refractivity contribution in [2.45, 2.75) is 76.5 Å². The van der Waals surface area contributed by atoms with E-state index in [0.29, 0.717) is 0 Å². The highest BCUT2D eigenvalue weighted by molar-refractivity contribution is 9.10. The lowest BCUT2D eigenvalue weighted by atomic mass is 9.70. The normalized spacial score (nSPS) is 14.1. The van der Waals surface area contributed by atoms with Crippen LogP contribution in [0.15, 0.2) is 45.3 Å². The fraction of sp³-hybridized carbons (Fsp3) is 0.520. The van der Waals surface area contributed by atoms with Crippen molar-refractivity contribution in [1.82, 2.24) is 0 Å². The van der Waals surface area contributed by atoms with Gasteiger partial charge in [-0.2, -0.15) is 0 Å². The molecule has 152 valence electrons. The summed E-state index contributed by atoms with van der Waals surface area (Å²) in [6.45, 7) is 2.30. The first kappa shape index (κ1) is 22.6. The van der Waals surface area contributed by atoms with E-state index in [1.165, 1.54) is 84.3 Å². The predicted octanol–water partition coefficient (Wildman–Crippen LogP) is 9.79. The largest absolute Gasteiger partial charge is 0.0928 e. The van der Waals surface area contributed by atoms with Crippen LogP contribution in [0.3, 0.4) is 0 Å². The first-order valence-corrected chi connectivity index (χ1v) is 13.5. The van der Waals surface area contributed by atoms with E-state index in [2.05, 4.69) is 91.1 Å². The molecule has 3 rings (SSSR count). The summed E-state index contributed by atoms with van der Waals surface area (Å²) in [6, 6.07) is 13.9. The standard InChI is InChI=1S/C25H31Br3/c1-2-3-4-7-14-25(15-8-5-6-9-16-26)23-17-19(27)10-12-21(23)22-13-11-20(28)18-24(22)25/h10-13,17-18H,2-9,14-16H2,1H3. The maximum Gasteiger partial charge on any atom is 0.0216 e. The molecule has 2 aromatic carbocycles. The Balaban J connectivity index is 1.97. The zero-order chi connectivity index (χ0) is 20.0. The maximum atomic E-state index is 3.76. The van der Waals surface area contributed by atoms with Gasteiger partial charge in [0.25, 0.3) is 0 Å². The van der Waals surface area contributed by atoms with Crippen LogP contribution in [0.2, 0.25) is 0 Å². The molecule has 0 bridgehead atoms. The maximum absolute atomic E-state index is 3.76. The Labute approximate surface area is 196 Å². The lowest BCUT2D eigenvalue weighted by molar-refractivity contribution is 0.401. The van der Waals surface area contributed by atoms with Crippen molar-refractivity contribution >= 4 is 47.8 Å². The lowest BCUT2D eigenvalue weighted by Gasteiger charge is -2.33. The smallest absolute Gasteiger partial charge is 0.0216 e. The van der Waals surface area contributed by atoms with Gasteiger partial charge < -0.3 is 0 Å². The zero-order valence-electron chi connectivity index (χ0n) is 16.9. The molecule has 0 nitrogen and oxygen atoms in total. The molecule has 0 atom stereocenters. The van der Waals surface area contributed by atoms with Crippen LogP contribution in [0.5, 0.6) is 0 Å². The van der Waals surface area contributed by atoms with Crippen LogP contribution in [0, 0.1) is 0 Å². The average molecular weight is 571 g/mol. The molecule has 3 heteroatoms. The van der Waals surface area contributed by atoms with Crippen LogP contribution in [0.1, 0.15) is 82.3 Å². The van der Waals surface area contributed by atoms with Crippen LogP contribution in [0.4, 0.5) is 0 Å². The van der Waals surface area contributed by atoms with Crippen molar-refractivity contribution < 1.29 is 0 Å². The molecule has 1 aliphatic carbocycles. The van der Waals surface area contributed by atoms with Crippen molar-refractivity contribution in [1.29, 1.82) is 0 Å². The van der Waals surface area contributed by atoms with Gasteiger partial charge in [0.1, 0.15) is 0 Å². The fourth-order valence-corrected chi connectivity index (χ4v) is 5.95. The fourth-order valence-electron chi connectivity index (χ4n) is 4.83. The van der Waals surface area contributed by atoms with Crippen LogP contribution in [-0.4, -0.2) is 5.33 Å². The third kappa shape index (κ3) is 4.95. The summed E-state index contributed by atoms with van der Waals surface area (Å²) in [5, 5.41) is 1.13. The number of rotatable bonds is 11. The van der Waals surface area contributed by atoms with Crippen molar-refractivity contribution in [3.05, 3.63) is 56.5 Å². The molecule has 0 unspecified atom stereocenters. The van der Waals surface area contributed by atoms with E-state index in [0.717, 1.165) is 5.33 Å². The van der Waals surface area contributed by atoms with E-state index in [-0.39, 0.29) is 5.41 Å². The van der Waals surface area contributed by atoms with Gasteiger partial charge in [-0.05, 0) is 65.8 Å². The van der Waals surface area contributed by atoms with E-state index >= 15 is 0 Å². The molecule has 1 aliphatic rings. The number of hydrogen-bond acceptors (Lipinski definition) is 0. The molecule has 0 saturated heterocycles. The predicted molar refractivity (Wildman–Crippen MR) is 134 cm³/mol. The second kappa shape index (κ2) is 10.8. The van der Waals surface area contributed by atoms with Crippen LogP contribution in [0.25, 0.3) is 11.1 Å². The van der Waals surface area contributed by atoms with Crippen molar-refractivity contribution in [2.75, 3.05) is 5.33 Å². The average Bonchev–Trinajstić information content (AvgIpc) is 2.94. The molecule has 0 saturated carbocycles. The summed E-state index contributed by atoms with van der Waals surface area (Å²) in [4.78, 5) is 0. The highest BCUT2D eigenvalue weighted by atomic mass is 79.9. The van der Waals surface area contributed by atoms with Crippen molar-refractivity contribution in [2.24, 2.45) is 0 Å². The van der Waals surface area contributed by atoms with Gasteiger partial charge in [0.15, 0.2) is 0 Å². The molecule has 0 amide bonds. The van der Waals surface area contributed by atoms with Crippen LogP contribution < -0.4 is 0 Å². The van der Waals surface area contributed by atoms with Gasteiger partial charge in [-0.3, -0.25) is 0 Å². The topological polar surface area (TPSA) is 0 Å². The second-order valence-corrected chi connectivity index (χ2v) is 10.8. The Kier molecular flexibility index (Phi) is 8.68. The van der Waals surface area contributed by atoms with Gasteiger partial charge in [-0.15, -0.1) is 0 Å². The van der Waals surface area contributed by atoms with Crippen molar-refractivity contribution in [3.63, 3.8) is 0 Å². The highest BCUT2D eigenvalue weighted by Crippen LogP contribution is 2.55. The molecule has 0 aromatic heterocycles. The van der Waals surface area contributed by atoms with Gasteiger partial charge in [0.05, 0.1) is 0 Å². The molecule has 0 N–H and O–H groups in total. The van der Waals surface area contributed by atoms with Gasteiger partial charge in [-0.25, -0.2) is 0 Å². The first-order valence-electron chi connectivity index (χ1n) is 10.8. The number of hydrogen-bond donors (Lipinski definition) is 0. The number of fused-ring (bicyclic) bond motifs is 3. The minimum atomic E-state index is 0.167. The lowest BCUT2D eigenvalue weighted by Crippen LogP contribution is -2.25. The summed E-state index contributed by atoms with van der Waals surface area (Å²) in [6.07, 6.45) is 13.1. The Bertz CT molecular complexity index is 730. The van der Waals surface area contributed by atoms with E-state index < -0.39 is 0 Å². The Morgan fingerprint density at radius 2 is 1.18 bits per heavy atom. The number of unbranched alkanes of at least 4 members (excludes halogenated alkanes) is 6. The number of halogens is 3. The Morgan fingerprint density at radius 1 is 0.679 bits per heavy atom. The van der Waals surface area contributed by atoms with E-state index in [4.69, 9.17) is 0 Å². The van der Waals surface area contributed by atoms with E-state index in [1.807, 2.05) is 0 Å². The molecule has 2 aromatic rings. The highest BCUT2D eigenvalue weighted by Gasteiger charge is 2.42. The summed E-state index contributed by atoms with van der Waals surface area (Å²) < 4.78 is 2.41. The summed E-state index contributed by atoms with van der Waals surface area (Å²) in [7, 11) is 0. The molecule has 0 aliphatic heterocycles. The minimum Gasteiger partial charge on any atom is -0.0928 e. The Hall–Kier alpha value is -0.120. The SMILES string of the molecule is CCCCCCC1(CCCCCCBr)c2cc(Br)ccc2-c2ccc(Br)cc21. The third-order valence-corrected chi connectivity index (χ3v) is 7.78. The summed E-state index contributed by atoms with van der Waals surface area (Å²) in [5.41, 5.74) is 6.16. The van der Waals surface area contributed by atoms with E-state index in [1.54, 1.807) is 11.1 Å². The minimum absolute atomic E-state index is 0.167. The van der Waals surface area contributed by atoms with Crippen LogP contribution in [-0.2, 0) is 5.41 Å². The van der Waals surface area contributed by atoms with Gasteiger partial charge >= 0.3 is 0 Å². The second-order valence-electron chi connectivity index (χ2n) is 8.13. The first-order chi connectivity index (χ1) is 13.6. The molecule has 28 heavy (non-hydrogen) atoms. The van der Waals surface area contributed by atoms with E-state index in [9.17, 15) is 0 Å². The van der Waals surface area contributed by atoms with Gasteiger partial charge in [0, 0.05) is 19.7 Å². The van der Waals surface area contributed by atoms with Gasteiger partial charge in [-0.1, -0.05) is 112 Å². The molecule has 0 spiro atoms. The quantitative estimate of drug-likeness (QED) is 0.186. The number of benzene rings is 2. The molecule has 0 heterocycles. The summed E-state index contributed by atoms with van der Waals surface area (Å²) >= 11 is 11.1.